The summed E-state index contributed by atoms with van der Waals surface area (Å²) in [7, 11) is 0. The molecule has 46 valence electrons. The van der Waals surface area contributed by atoms with Gasteiger partial charge in [0.25, 0.3) is 0 Å². The molecule has 2 heteroatoms. The molecule has 0 saturated carbocycles. The minimum absolute atomic E-state index is 0.403. The predicted molar refractivity (Wildman–Crippen MR) is 29.7 cm³/mol. The second kappa shape index (κ2) is 2.82. The summed E-state index contributed by atoms with van der Waals surface area (Å²) in [6.45, 7) is 0.892. The molecule has 0 radical (unpaired) electrons. The third-order valence-electron chi connectivity index (χ3n) is 1.40. The van der Waals surface area contributed by atoms with E-state index in [2.05, 4.69) is 0 Å². The fourth-order valence-electron chi connectivity index (χ4n) is 0.766. The zero-order valence-electron chi connectivity index (χ0n) is 4.80. The molecular weight excluding hydrogens is 104 g/mol. The molecule has 0 aliphatic carbocycles. The first-order valence-corrected chi connectivity index (χ1v) is 2.98. The molecule has 1 fully saturated rings. The lowest BCUT2D eigenvalue weighted by atomic mass is 10.1. The Balaban J connectivity index is 1.93. The van der Waals surface area contributed by atoms with Crippen LogP contribution < -0.4 is 0 Å². The van der Waals surface area contributed by atoms with Crippen LogP contribution in [0.3, 0.4) is 0 Å². The zero-order valence-corrected chi connectivity index (χ0v) is 4.80. The Bertz CT molecular complexity index is 76.6. The fourth-order valence-corrected chi connectivity index (χ4v) is 0.766. The average Bonchev–Trinajstić information content (AvgIpc) is 1.63. The van der Waals surface area contributed by atoms with Gasteiger partial charge >= 0.3 is 0 Å². The van der Waals surface area contributed by atoms with Crippen LogP contribution in [0.5, 0.6) is 0 Å². The number of hydrogen-bond acceptors (Lipinski definition) is 2. The van der Waals surface area contributed by atoms with Crippen molar-refractivity contribution in [3.63, 3.8) is 0 Å². The number of ether oxygens (including phenoxy) is 1. The van der Waals surface area contributed by atoms with Crippen LogP contribution in [0.15, 0.2) is 0 Å². The van der Waals surface area contributed by atoms with Crippen molar-refractivity contribution in [1.82, 2.24) is 0 Å². The maximum absolute atomic E-state index is 9.79. The third-order valence-corrected chi connectivity index (χ3v) is 1.40. The largest absolute Gasteiger partial charge is 0.378 e. The first kappa shape index (κ1) is 5.76. The maximum Gasteiger partial charge on any atom is 0.120 e. The van der Waals surface area contributed by atoms with Crippen molar-refractivity contribution < 1.29 is 9.53 Å². The summed E-state index contributed by atoms with van der Waals surface area (Å²) in [6, 6.07) is 0. The molecule has 0 N–H and O–H groups in total. The highest BCUT2D eigenvalue weighted by Crippen LogP contribution is 2.14. The Kier molecular flexibility index (Phi) is 2.03. The van der Waals surface area contributed by atoms with Gasteiger partial charge in [0.05, 0.1) is 6.10 Å². The molecule has 1 heterocycles. The summed E-state index contributed by atoms with van der Waals surface area (Å²) in [5, 5.41) is 0. The van der Waals surface area contributed by atoms with E-state index in [4.69, 9.17) is 4.74 Å². The van der Waals surface area contributed by atoms with E-state index in [-0.39, 0.29) is 0 Å². The van der Waals surface area contributed by atoms with Gasteiger partial charge in [-0.3, -0.25) is 0 Å². The summed E-state index contributed by atoms with van der Waals surface area (Å²) >= 11 is 0. The van der Waals surface area contributed by atoms with E-state index in [1.54, 1.807) is 0 Å². The van der Waals surface area contributed by atoms with Gasteiger partial charge in [-0.1, -0.05) is 0 Å². The quantitative estimate of drug-likeness (QED) is 0.506. The van der Waals surface area contributed by atoms with Crippen molar-refractivity contribution in [3.8, 4) is 0 Å². The van der Waals surface area contributed by atoms with E-state index in [1.807, 2.05) is 0 Å². The van der Waals surface area contributed by atoms with Gasteiger partial charge < -0.3 is 9.53 Å². The van der Waals surface area contributed by atoms with Gasteiger partial charge in [0.2, 0.25) is 0 Å². The monoisotopic (exact) mass is 114 g/mol. The standard InChI is InChI=1S/C6H10O2/c7-4-1-2-6-3-5-8-6/h4,6H,1-3,5H2/t6-/m0/s1. The van der Waals surface area contributed by atoms with Crippen molar-refractivity contribution in [3.05, 3.63) is 0 Å². The van der Waals surface area contributed by atoms with Crippen LogP contribution in [0.1, 0.15) is 19.3 Å². The van der Waals surface area contributed by atoms with Crippen LogP contribution in [0.4, 0.5) is 0 Å². The van der Waals surface area contributed by atoms with Gasteiger partial charge in [0.1, 0.15) is 6.29 Å². The van der Waals surface area contributed by atoms with Crippen molar-refractivity contribution >= 4 is 6.29 Å². The fraction of sp³-hybridized carbons (Fsp3) is 0.833. The number of rotatable bonds is 3. The molecule has 0 spiro atoms. The normalized spacial score (nSPS) is 26.8. The predicted octanol–water partition coefficient (Wildman–Crippen LogP) is 0.754. The molecule has 1 aliphatic rings. The average molecular weight is 114 g/mol. The SMILES string of the molecule is O=CCC[C@H]1CCO1. The number of carbonyl (C=O) groups excluding carboxylic acids is 1. The molecule has 0 amide bonds. The topological polar surface area (TPSA) is 26.3 Å². The molecule has 0 aromatic carbocycles. The zero-order chi connectivity index (χ0) is 5.82. The summed E-state index contributed by atoms with van der Waals surface area (Å²) in [4.78, 5) is 9.79. The van der Waals surface area contributed by atoms with Crippen LogP contribution in [0.25, 0.3) is 0 Å². The Morgan fingerprint density at radius 2 is 2.50 bits per heavy atom. The Labute approximate surface area is 48.8 Å². The van der Waals surface area contributed by atoms with Crippen LogP contribution in [-0.4, -0.2) is 19.0 Å². The van der Waals surface area contributed by atoms with Crippen molar-refractivity contribution in [2.75, 3.05) is 6.61 Å². The first-order valence-electron chi connectivity index (χ1n) is 2.98. The van der Waals surface area contributed by atoms with E-state index in [0.717, 1.165) is 25.7 Å². The van der Waals surface area contributed by atoms with Crippen molar-refractivity contribution in [1.29, 1.82) is 0 Å². The first-order chi connectivity index (χ1) is 3.93. The van der Waals surface area contributed by atoms with Gasteiger partial charge in [0.15, 0.2) is 0 Å². The lowest BCUT2D eigenvalue weighted by Crippen LogP contribution is -2.26. The molecular formula is C6H10O2. The van der Waals surface area contributed by atoms with Gasteiger partial charge in [-0.15, -0.1) is 0 Å². The summed E-state index contributed by atoms with van der Waals surface area (Å²) in [5.41, 5.74) is 0. The molecule has 1 aliphatic heterocycles. The molecule has 2 nitrogen and oxygen atoms in total. The Hall–Kier alpha value is -0.370. The number of carbonyl (C=O) groups is 1. The van der Waals surface area contributed by atoms with E-state index >= 15 is 0 Å². The minimum Gasteiger partial charge on any atom is -0.378 e. The molecule has 8 heavy (non-hydrogen) atoms. The Morgan fingerprint density at radius 1 is 1.75 bits per heavy atom. The lowest BCUT2D eigenvalue weighted by Gasteiger charge is -2.25. The molecule has 1 atom stereocenters. The van der Waals surface area contributed by atoms with Gasteiger partial charge in [0, 0.05) is 13.0 Å². The highest BCUT2D eigenvalue weighted by Gasteiger charge is 2.16. The number of hydrogen-bond donors (Lipinski definition) is 0. The summed E-state index contributed by atoms with van der Waals surface area (Å²) < 4.78 is 5.07. The minimum atomic E-state index is 0.403. The van der Waals surface area contributed by atoms with Crippen molar-refractivity contribution in [2.45, 2.75) is 25.4 Å². The van der Waals surface area contributed by atoms with Crippen LogP contribution in [0.2, 0.25) is 0 Å². The Morgan fingerprint density at radius 3 is 2.88 bits per heavy atom. The van der Waals surface area contributed by atoms with E-state index in [0.29, 0.717) is 12.5 Å². The van der Waals surface area contributed by atoms with E-state index in [9.17, 15) is 4.79 Å². The highest BCUT2D eigenvalue weighted by molar-refractivity contribution is 5.49. The summed E-state index contributed by atoms with van der Waals surface area (Å²) in [6.07, 6.45) is 4.07. The van der Waals surface area contributed by atoms with Crippen molar-refractivity contribution in [2.24, 2.45) is 0 Å². The van der Waals surface area contributed by atoms with Crippen LogP contribution >= 0.6 is 0 Å². The lowest BCUT2D eigenvalue weighted by molar-refractivity contribution is -0.110. The van der Waals surface area contributed by atoms with Gasteiger partial charge in [-0.25, -0.2) is 0 Å². The maximum atomic E-state index is 9.79. The molecule has 1 rings (SSSR count). The molecule has 0 aromatic rings. The highest BCUT2D eigenvalue weighted by atomic mass is 16.5. The smallest absolute Gasteiger partial charge is 0.120 e. The van der Waals surface area contributed by atoms with Crippen LogP contribution in [0, 0.1) is 0 Å². The van der Waals surface area contributed by atoms with Crippen LogP contribution in [-0.2, 0) is 9.53 Å². The summed E-state index contributed by atoms with van der Waals surface area (Å²) in [5.74, 6) is 0. The molecule has 0 bridgehead atoms. The third kappa shape index (κ3) is 1.30. The second-order valence-corrected chi connectivity index (χ2v) is 2.03. The second-order valence-electron chi connectivity index (χ2n) is 2.03. The molecule has 1 saturated heterocycles. The molecule has 0 unspecified atom stereocenters. The van der Waals surface area contributed by atoms with Gasteiger partial charge in [-0.2, -0.15) is 0 Å². The van der Waals surface area contributed by atoms with Gasteiger partial charge in [-0.05, 0) is 12.8 Å². The number of aldehydes is 1. The van der Waals surface area contributed by atoms with E-state index < -0.39 is 0 Å². The molecule has 0 aromatic heterocycles. The van der Waals surface area contributed by atoms with E-state index in [1.165, 1.54) is 0 Å².